The third kappa shape index (κ3) is 3.37. The molecule has 0 fully saturated rings. The molecule has 1 N–H and O–H groups in total. The van der Waals surface area contributed by atoms with Gasteiger partial charge in [0.05, 0.1) is 11.3 Å². The number of fused-ring (bicyclic) bond motifs is 2. The number of nitrogens with zero attached hydrogens (tertiary/aromatic N) is 3. The van der Waals surface area contributed by atoms with Crippen LogP contribution in [-0.4, -0.2) is 20.6 Å². The Bertz CT molecular complexity index is 1010. The highest BCUT2D eigenvalue weighted by molar-refractivity contribution is 5.85. The lowest BCUT2D eigenvalue weighted by Gasteiger charge is -2.19. The Balaban J connectivity index is 0.00000225. The second kappa shape index (κ2) is 8.08. The van der Waals surface area contributed by atoms with Crippen molar-refractivity contribution < 1.29 is 4.39 Å². The Morgan fingerprint density at radius 2 is 1.93 bits per heavy atom. The zero-order valence-corrected chi connectivity index (χ0v) is 17.8. The summed E-state index contributed by atoms with van der Waals surface area (Å²) >= 11 is 0. The molecule has 2 heterocycles. The van der Waals surface area contributed by atoms with E-state index in [4.69, 9.17) is 10.1 Å². The van der Waals surface area contributed by atoms with Crippen LogP contribution in [0.3, 0.4) is 0 Å². The summed E-state index contributed by atoms with van der Waals surface area (Å²) < 4.78 is 16.6. The number of aromatic nitrogens is 3. The van der Waals surface area contributed by atoms with E-state index in [1.807, 2.05) is 30.5 Å². The molecular formula is C22H28ClFN4. The first-order valence-electron chi connectivity index (χ1n) is 9.97. The van der Waals surface area contributed by atoms with Crippen LogP contribution in [0.15, 0.2) is 18.2 Å². The van der Waals surface area contributed by atoms with E-state index < -0.39 is 0 Å². The molecule has 0 atom stereocenters. The first-order valence-corrected chi connectivity index (χ1v) is 9.97. The topological polar surface area (TPSA) is 42.2 Å². The maximum atomic E-state index is 14.7. The SMILES string of the molecule is CCC(CC)Nc1c2c(nc3c(-c4ccc(C)cc4F)c(C)nn13)CCC2.Cl. The van der Waals surface area contributed by atoms with Gasteiger partial charge in [0.15, 0.2) is 5.65 Å². The van der Waals surface area contributed by atoms with Gasteiger partial charge in [-0.2, -0.15) is 9.61 Å². The standard InChI is InChI=1S/C22H27FN4.ClH/c1-5-15(6-2)24-21-17-8-7-9-19(17)25-22-20(14(4)26-27(21)22)16-11-10-13(3)12-18(16)23;/h10-12,15,24H,5-9H2,1-4H3;1H. The zero-order chi connectivity index (χ0) is 19.1. The summed E-state index contributed by atoms with van der Waals surface area (Å²) in [5.74, 6) is 0.827. The van der Waals surface area contributed by atoms with Gasteiger partial charge in [-0.1, -0.05) is 26.0 Å². The van der Waals surface area contributed by atoms with Gasteiger partial charge in [-0.3, -0.25) is 0 Å². The van der Waals surface area contributed by atoms with Crippen molar-refractivity contribution in [1.29, 1.82) is 0 Å². The molecule has 1 aliphatic rings. The lowest BCUT2D eigenvalue weighted by molar-refractivity contribution is 0.630. The minimum absolute atomic E-state index is 0. The van der Waals surface area contributed by atoms with Crippen molar-refractivity contribution in [2.75, 3.05) is 5.32 Å². The average molecular weight is 403 g/mol. The first-order chi connectivity index (χ1) is 13.0. The van der Waals surface area contributed by atoms with E-state index in [1.165, 1.54) is 5.56 Å². The highest BCUT2D eigenvalue weighted by atomic mass is 35.5. The molecule has 0 radical (unpaired) electrons. The predicted molar refractivity (Wildman–Crippen MR) is 115 cm³/mol. The van der Waals surface area contributed by atoms with Gasteiger partial charge in [-0.05, 0) is 57.6 Å². The van der Waals surface area contributed by atoms with Crippen LogP contribution in [0.1, 0.15) is 55.6 Å². The van der Waals surface area contributed by atoms with Gasteiger partial charge < -0.3 is 5.32 Å². The fourth-order valence-corrected chi connectivity index (χ4v) is 4.11. The number of benzene rings is 1. The second-order valence-corrected chi connectivity index (χ2v) is 7.58. The molecule has 1 aliphatic carbocycles. The Hall–Kier alpha value is -2.14. The predicted octanol–water partition coefficient (Wildman–Crippen LogP) is 5.66. The Labute approximate surface area is 172 Å². The summed E-state index contributed by atoms with van der Waals surface area (Å²) in [6.07, 6.45) is 5.21. The van der Waals surface area contributed by atoms with Crippen molar-refractivity contribution in [3.8, 4) is 11.1 Å². The van der Waals surface area contributed by atoms with E-state index in [0.29, 0.717) is 11.6 Å². The summed E-state index contributed by atoms with van der Waals surface area (Å²) in [7, 11) is 0. The van der Waals surface area contributed by atoms with Gasteiger partial charge >= 0.3 is 0 Å². The monoisotopic (exact) mass is 402 g/mol. The molecule has 0 aliphatic heterocycles. The summed E-state index contributed by atoms with van der Waals surface area (Å²) in [6.45, 7) is 8.23. The van der Waals surface area contributed by atoms with Crippen LogP contribution in [0.5, 0.6) is 0 Å². The summed E-state index contributed by atoms with van der Waals surface area (Å²) in [5.41, 5.74) is 6.25. The number of halogens is 2. The third-order valence-corrected chi connectivity index (χ3v) is 5.68. The zero-order valence-electron chi connectivity index (χ0n) is 17.0. The minimum Gasteiger partial charge on any atom is -0.367 e. The van der Waals surface area contributed by atoms with Crippen molar-refractivity contribution >= 4 is 23.9 Å². The molecule has 28 heavy (non-hydrogen) atoms. The molecule has 4 nitrogen and oxygen atoms in total. The van der Waals surface area contributed by atoms with E-state index >= 15 is 0 Å². The molecule has 0 bridgehead atoms. The lowest BCUT2D eigenvalue weighted by atomic mass is 10.0. The fraction of sp³-hybridized carbons (Fsp3) is 0.455. The Kier molecular flexibility index (Phi) is 5.94. The normalized spacial score (nSPS) is 13.1. The maximum Gasteiger partial charge on any atom is 0.165 e. The number of aryl methyl sites for hydroxylation is 3. The fourth-order valence-electron chi connectivity index (χ4n) is 4.11. The maximum absolute atomic E-state index is 14.7. The van der Waals surface area contributed by atoms with Crippen LogP contribution in [0, 0.1) is 19.7 Å². The molecule has 0 unspecified atom stereocenters. The molecule has 0 saturated carbocycles. The third-order valence-electron chi connectivity index (χ3n) is 5.68. The van der Waals surface area contributed by atoms with Crippen LogP contribution < -0.4 is 5.32 Å². The molecule has 0 amide bonds. The van der Waals surface area contributed by atoms with Crippen molar-refractivity contribution in [3.05, 3.63) is 46.5 Å². The Morgan fingerprint density at radius 1 is 1.18 bits per heavy atom. The molecule has 0 saturated heterocycles. The van der Waals surface area contributed by atoms with Gasteiger partial charge in [0.1, 0.15) is 11.6 Å². The quantitative estimate of drug-likeness (QED) is 0.598. The van der Waals surface area contributed by atoms with Gasteiger partial charge in [-0.25, -0.2) is 9.37 Å². The van der Waals surface area contributed by atoms with Crippen LogP contribution in [0.4, 0.5) is 10.2 Å². The summed E-state index contributed by atoms with van der Waals surface area (Å²) in [6, 6.07) is 5.76. The van der Waals surface area contributed by atoms with Gasteiger partial charge in [0.2, 0.25) is 0 Å². The van der Waals surface area contributed by atoms with E-state index in [1.54, 1.807) is 6.07 Å². The lowest BCUT2D eigenvalue weighted by Crippen LogP contribution is -2.21. The van der Waals surface area contributed by atoms with Crippen molar-refractivity contribution in [3.63, 3.8) is 0 Å². The molecule has 6 heteroatoms. The van der Waals surface area contributed by atoms with E-state index in [2.05, 4.69) is 19.2 Å². The molecule has 4 rings (SSSR count). The first kappa shape index (κ1) is 20.6. The molecule has 2 aromatic heterocycles. The summed E-state index contributed by atoms with van der Waals surface area (Å²) in [4.78, 5) is 4.93. The molecule has 0 spiro atoms. The van der Waals surface area contributed by atoms with Crippen molar-refractivity contribution in [1.82, 2.24) is 14.6 Å². The van der Waals surface area contributed by atoms with Crippen molar-refractivity contribution in [2.45, 2.75) is 65.8 Å². The van der Waals surface area contributed by atoms with E-state index in [-0.39, 0.29) is 18.2 Å². The number of nitrogens with one attached hydrogen (secondary N) is 1. The minimum atomic E-state index is -0.218. The smallest absolute Gasteiger partial charge is 0.165 e. The average Bonchev–Trinajstić information content (AvgIpc) is 3.23. The van der Waals surface area contributed by atoms with Gasteiger partial charge in [0.25, 0.3) is 0 Å². The molecular weight excluding hydrogens is 375 g/mol. The number of hydrogen-bond acceptors (Lipinski definition) is 3. The van der Waals surface area contributed by atoms with Crippen molar-refractivity contribution in [2.24, 2.45) is 0 Å². The summed E-state index contributed by atoms with van der Waals surface area (Å²) in [5, 5.41) is 8.48. The highest BCUT2D eigenvalue weighted by Gasteiger charge is 2.25. The van der Waals surface area contributed by atoms with E-state index in [9.17, 15) is 4.39 Å². The highest BCUT2D eigenvalue weighted by Crippen LogP contribution is 2.35. The van der Waals surface area contributed by atoms with Gasteiger partial charge in [-0.15, -0.1) is 12.4 Å². The molecule has 3 aromatic rings. The van der Waals surface area contributed by atoms with Crippen LogP contribution in [0.2, 0.25) is 0 Å². The largest absolute Gasteiger partial charge is 0.367 e. The Morgan fingerprint density at radius 3 is 2.61 bits per heavy atom. The number of rotatable bonds is 5. The van der Waals surface area contributed by atoms with Crippen LogP contribution >= 0.6 is 12.4 Å². The molecule has 150 valence electrons. The molecule has 1 aromatic carbocycles. The second-order valence-electron chi connectivity index (χ2n) is 7.58. The number of anilines is 1. The number of hydrogen-bond donors (Lipinski definition) is 1. The van der Waals surface area contributed by atoms with Crippen LogP contribution in [-0.2, 0) is 12.8 Å². The van der Waals surface area contributed by atoms with Gasteiger partial charge in [0, 0.05) is 22.9 Å². The van der Waals surface area contributed by atoms with E-state index in [0.717, 1.165) is 66.1 Å². The van der Waals surface area contributed by atoms with Crippen LogP contribution in [0.25, 0.3) is 16.8 Å².